The molecule has 0 unspecified atom stereocenters. The summed E-state index contributed by atoms with van der Waals surface area (Å²) in [6.07, 6.45) is 0. The first-order valence-corrected chi connectivity index (χ1v) is 6.41. The summed E-state index contributed by atoms with van der Waals surface area (Å²) >= 11 is 5.59. The Hall–Kier alpha value is -0.620. The van der Waals surface area contributed by atoms with Crippen LogP contribution in [0.3, 0.4) is 0 Å². The average molecular weight is 393 g/mol. The molecule has 82 valence electrons. The van der Waals surface area contributed by atoms with E-state index in [-0.39, 0.29) is 5.82 Å². The predicted octanol–water partition coefficient (Wildman–Crippen LogP) is 4.99. The van der Waals surface area contributed by atoms with Gasteiger partial charge in [0, 0.05) is 10.5 Å². The summed E-state index contributed by atoms with van der Waals surface area (Å²) < 4.78 is 20.5. The van der Waals surface area contributed by atoms with Crippen LogP contribution in [-0.2, 0) is 0 Å². The van der Waals surface area contributed by atoms with E-state index in [4.69, 9.17) is 4.74 Å². The number of ether oxygens (including phenoxy) is 1. The molecule has 2 aromatic rings. The molecule has 2 aromatic carbocycles. The first-order chi connectivity index (χ1) is 7.66. The average Bonchev–Trinajstić information content (AvgIpc) is 2.25. The summed E-state index contributed by atoms with van der Waals surface area (Å²) in [5.74, 6) is 0.902. The highest BCUT2D eigenvalue weighted by molar-refractivity contribution is 14.1. The summed E-state index contributed by atoms with van der Waals surface area (Å²) in [4.78, 5) is 0. The van der Waals surface area contributed by atoms with Gasteiger partial charge in [-0.25, -0.2) is 4.39 Å². The molecule has 0 amide bonds. The molecule has 0 radical (unpaired) electrons. The van der Waals surface area contributed by atoms with E-state index < -0.39 is 0 Å². The number of hydrogen-bond acceptors (Lipinski definition) is 1. The monoisotopic (exact) mass is 392 g/mol. The molecular weight excluding hydrogens is 386 g/mol. The maximum absolute atomic E-state index is 13.0. The summed E-state index contributed by atoms with van der Waals surface area (Å²) in [6, 6.07) is 11.7. The van der Waals surface area contributed by atoms with E-state index in [1.54, 1.807) is 12.1 Å². The molecule has 0 aromatic heterocycles. The minimum atomic E-state index is -0.303. The molecule has 0 N–H and O–H groups in total. The number of benzene rings is 2. The summed E-state index contributed by atoms with van der Waals surface area (Å²) in [7, 11) is 0. The van der Waals surface area contributed by atoms with Gasteiger partial charge in [0.1, 0.15) is 17.3 Å². The molecule has 0 aliphatic rings. The fourth-order valence-corrected chi connectivity index (χ4v) is 2.04. The highest BCUT2D eigenvalue weighted by Gasteiger charge is 2.05. The van der Waals surface area contributed by atoms with Gasteiger partial charge in [-0.05, 0) is 62.8 Å². The van der Waals surface area contributed by atoms with E-state index in [1.165, 1.54) is 12.1 Å². The first-order valence-electron chi connectivity index (χ1n) is 4.54. The fraction of sp³-hybridized carbons (Fsp3) is 0. The maximum Gasteiger partial charge on any atom is 0.141 e. The molecule has 0 atom stereocenters. The third-order valence-corrected chi connectivity index (χ3v) is 4.45. The van der Waals surface area contributed by atoms with Crippen molar-refractivity contribution in [2.75, 3.05) is 0 Å². The van der Waals surface area contributed by atoms with E-state index in [0.717, 1.165) is 8.04 Å². The Kier molecular flexibility index (Phi) is 3.81. The minimum Gasteiger partial charge on any atom is -0.456 e. The van der Waals surface area contributed by atoms with Crippen LogP contribution in [0, 0.1) is 9.39 Å². The third kappa shape index (κ3) is 2.74. The van der Waals surface area contributed by atoms with Gasteiger partial charge >= 0.3 is 0 Å². The Balaban J connectivity index is 2.31. The van der Waals surface area contributed by atoms with Crippen molar-refractivity contribution in [2.45, 2.75) is 0 Å². The van der Waals surface area contributed by atoms with Crippen molar-refractivity contribution in [3.8, 4) is 11.5 Å². The van der Waals surface area contributed by atoms with E-state index in [0.29, 0.717) is 11.5 Å². The summed E-state index contributed by atoms with van der Waals surface area (Å²) in [6.45, 7) is 0. The van der Waals surface area contributed by atoms with Gasteiger partial charge in [0.25, 0.3) is 0 Å². The first kappa shape index (κ1) is 11.9. The molecule has 0 aliphatic carbocycles. The standard InChI is InChI=1S/C12H7BrFIO/c13-10-5-2-6-11(12(10)15)16-9-4-1-3-8(14)7-9/h1-7H. The van der Waals surface area contributed by atoms with Crippen LogP contribution in [-0.4, -0.2) is 0 Å². The summed E-state index contributed by atoms with van der Waals surface area (Å²) in [5, 5.41) is 0. The Labute approximate surface area is 115 Å². The van der Waals surface area contributed by atoms with Crippen LogP contribution in [0.2, 0.25) is 0 Å². The van der Waals surface area contributed by atoms with Crippen molar-refractivity contribution in [1.29, 1.82) is 0 Å². The molecule has 0 bridgehead atoms. The van der Waals surface area contributed by atoms with Crippen LogP contribution in [0.4, 0.5) is 4.39 Å². The SMILES string of the molecule is Fc1cccc(Oc2cccc(Br)c2I)c1. The van der Waals surface area contributed by atoms with Gasteiger partial charge in [-0.1, -0.05) is 12.1 Å². The molecule has 0 saturated heterocycles. The summed E-state index contributed by atoms with van der Waals surface area (Å²) in [5.41, 5.74) is 0. The van der Waals surface area contributed by atoms with Crippen molar-refractivity contribution in [1.82, 2.24) is 0 Å². The molecule has 0 spiro atoms. The highest BCUT2D eigenvalue weighted by Crippen LogP contribution is 2.31. The molecule has 2 rings (SSSR count). The van der Waals surface area contributed by atoms with Crippen molar-refractivity contribution in [3.05, 3.63) is 56.3 Å². The molecular formula is C12H7BrFIO. The van der Waals surface area contributed by atoms with E-state index in [2.05, 4.69) is 38.5 Å². The van der Waals surface area contributed by atoms with Gasteiger partial charge in [0.05, 0.1) is 3.57 Å². The molecule has 0 saturated carbocycles. The van der Waals surface area contributed by atoms with Crippen molar-refractivity contribution >= 4 is 38.5 Å². The second-order valence-corrected chi connectivity index (χ2v) is 5.04. The lowest BCUT2D eigenvalue weighted by Gasteiger charge is -2.08. The normalized spacial score (nSPS) is 10.2. The fourth-order valence-electron chi connectivity index (χ4n) is 1.22. The topological polar surface area (TPSA) is 9.23 Å². The van der Waals surface area contributed by atoms with Crippen LogP contribution in [0.15, 0.2) is 46.9 Å². The van der Waals surface area contributed by atoms with Gasteiger partial charge in [0.2, 0.25) is 0 Å². The van der Waals surface area contributed by atoms with Crippen LogP contribution >= 0.6 is 38.5 Å². The smallest absolute Gasteiger partial charge is 0.141 e. The largest absolute Gasteiger partial charge is 0.456 e. The lowest BCUT2D eigenvalue weighted by atomic mass is 10.3. The van der Waals surface area contributed by atoms with Crippen LogP contribution in [0.1, 0.15) is 0 Å². The number of hydrogen-bond donors (Lipinski definition) is 0. The van der Waals surface area contributed by atoms with Crippen LogP contribution in [0.25, 0.3) is 0 Å². The lowest BCUT2D eigenvalue weighted by molar-refractivity contribution is 0.473. The van der Waals surface area contributed by atoms with Crippen LogP contribution in [0.5, 0.6) is 11.5 Å². The van der Waals surface area contributed by atoms with E-state index >= 15 is 0 Å². The Morgan fingerprint density at radius 2 is 1.88 bits per heavy atom. The van der Waals surface area contributed by atoms with Crippen molar-refractivity contribution in [3.63, 3.8) is 0 Å². The predicted molar refractivity (Wildman–Crippen MR) is 73.3 cm³/mol. The second-order valence-electron chi connectivity index (χ2n) is 3.11. The molecule has 4 heteroatoms. The number of halogens is 3. The number of rotatable bonds is 2. The molecule has 1 nitrogen and oxygen atoms in total. The van der Waals surface area contributed by atoms with Crippen molar-refractivity contribution in [2.24, 2.45) is 0 Å². The Bertz CT molecular complexity index is 516. The van der Waals surface area contributed by atoms with E-state index in [1.807, 2.05) is 18.2 Å². The lowest BCUT2D eigenvalue weighted by Crippen LogP contribution is -1.88. The van der Waals surface area contributed by atoms with Crippen molar-refractivity contribution < 1.29 is 9.13 Å². The van der Waals surface area contributed by atoms with Gasteiger partial charge in [-0.15, -0.1) is 0 Å². The zero-order valence-electron chi connectivity index (χ0n) is 8.08. The Morgan fingerprint density at radius 3 is 2.62 bits per heavy atom. The molecule has 0 fully saturated rings. The Morgan fingerprint density at radius 1 is 1.12 bits per heavy atom. The second kappa shape index (κ2) is 5.14. The van der Waals surface area contributed by atoms with Gasteiger partial charge < -0.3 is 4.74 Å². The van der Waals surface area contributed by atoms with Gasteiger partial charge in [-0.3, -0.25) is 0 Å². The molecule has 16 heavy (non-hydrogen) atoms. The minimum absolute atomic E-state index is 0.303. The molecule has 0 aliphatic heterocycles. The van der Waals surface area contributed by atoms with Gasteiger partial charge in [-0.2, -0.15) is 0 Å². The van der Waals surface area contributed by atoms with Gasteiger partial charge in [0.15, 0.2) is 0 Å². The van der Waals surface area contributed by atoms with Crippen LogP contribution < -0.4 is 4.74 Å². The highest BCUT2D eigenvalue weighted by atomic mass is 127. The zero-order chi connectivity index (χ0) is 11.5. The maximum atomic E-state index is 13.0. The molecule has 0 heterocycles. The zero-order valence-corrected chi connectivity index (χ0v) is 11.8. The third-order valence-electron chi connectivity index (χ3n) is 1.94. The van der Waals surface area contributed by atoms with E-state index in [9.17, 15) is 4.39 Å². The quantitative estimate of drug-likeness (QED) is 0.654.